The maximum Gasteiger partial charge on any atom is 0.284 e. The van der Waals surface area contributed by atoms with E-state index in [0.29, 0.717) is 0 Å². The van der Waals surface area contributed by atoms with Crippen LogP contribution in [0.5, 0.6) is 0 Å². The molecule has 5 heteroatoms. The average molecular weight is 190 g/mol. The second kappa shape index (κ2) is 4.05. The molecule has 14 heavy (non-hydrogen) atoms. The van der Waals surface area contributed by atoms with E-state index in [1.165, 1.54) is 24.3 Å². The van der Waals surface area contributed by atoms with Gasteiger partial charge in [-0.25, -0.2) is 0 Å². The van der Waals surface area contributed by atoms with E-state index in [1.807, 2.05) is 0 Å². The van der Waals surface area contributed by atoms with Crippen molar-refractivity contribution in [2.24, 2.45) is 0 Å². The second-order valence-corrected chi connectivity index (χ2v) is 2.31. The minimum Gasteiger partial charge on any atom is -0.537 e. The number of aliphatic carboxylic acids is 1. The highest BCUT2D eigenvalue weighted by atomic mass is 16.6. The van der Waals surface area contributed by atoms with Crippen LogP contribution in [0, 0.1) is 22.0 Å². The molecule has 0 bridgehead atoms. The molecule has 5 nitrogen and oxygen atoms in total. The van der Waals surface area contributed by atoms with Crippen molar-refractivity contribution in [2.45, 2.75) is 0 Å². The predicted molar refractivity (Wildman–Crippen MR) is 45.0 cm³/mol. The lowest BCUT2D eigenvalue weighted by atomic mass is 10.2. The van der Waals surface area contributed by atoms with Crippen molar-refractivity contribution in [3.8, 4) is 11.8 Å². The number of rotatable bonds is 1. The molecule has 0 amide bonds. The van der Waals surface area contributed by atoms with Gasteiger partial charge in [0.1, 0.15) is 11.5 Å². The van der Waals surface area contributed by atoms with Gasteiger partial charge in [-0.3, -0.25) is 10.1 Å². The Morgan fingerprint density at radius 3 is 2.57 bits per heavy atom. The molecule has 70 valence electrons. The summed E-state index contributed by atoms with van der Waals surface area (Å²) in [6.07, 6.45) is 0. The number of carboxylic acids is 1. The van der Waals surface area contributed by atoms with E-state index in [-0.39, 0.29) is 11.3 Å². The molecule has 0 aliphatic carbocycles. The molecule has 0 fully saturated rings. The minimum atomic E-state index is -1.57. The first-order valence-electron chi connectivity index (χ1n) is 3.57. The van der Waals surface area contributed by atoms with E-state index in [1.54, 1.807) is 5.92 Å². The first-order chi connectivity index (χ1) is 6.61. The normalized spacial score (nSPS) is 8.57. The maximum absolute atomic E-state index is 10.4. The van der Waals surface area contributed by atoms with E-state index in [4.69, 9.17) is 0 Å². The van der Waals surface area contributed by atoms with E-state index in [9.17, 15) is 20.0 Å². The van der Waals surface area contributed by atoms with Crippen molar-refractivity contribution in [1.82, 2.24) is 0 Å². The zero-order valence-corrected chi connectivity index (χ0v) is 6.89. The van der Waals surface area contributed by atoms with Gasteiger partial charge in [-0.2, -0.15) is 0 Å². The lowest BCUT2D eigenvalue weighted by Crippen LogP contribution is -2.19. The number of para-hydroxylation sites is 1. The van der Waals surface area contributed by atoms with Crippen molar-refractivity contribution < 1.29 is 14.8 Å². The van der Waals surface area contributed by atoms with Gasteiger partial charge in [0.15, 0.2) is 0 Å². The number of hydrogen-bond acceptors (Lipinski definition) is 4. The number of benzene rings is 1. The molecule has 0 saturated heterocycles. The molecule has 0 saturated carbocycles. The van der Waals surface area contributed by atoms with Gasteiger partial charge in [-0.15, -0.1) is 0 Å². The fraction of sp³-hybridized carbons (Fsp3) is 0. The Morgan fingerprint density at radius 1 is 1.36 bits per heavy atom. The van der Waals surface area contributed by atoms with Crippen LogP contribution in [0.4, 0.5) is 5.69 Å². The third-order valence-electron chi connectivity index (χ3n) is 1.40. The van der Waals surface area contributed by atoms with Crippen molar-refractivity contribution in [1.29, 1.82) is 0 Å². The van der Waals surface area contributed by atoms with Crippen molar-refractivity contribution in [3.63, 3.8) is 0 Å². The zero-order valence-electron chi connectivity index (χ0n) is 6.89. The van der Waals surface area contributed by atoms with Gasteiger partial charge in [0.25, 0.3) is 5.69 Å². The zero-order chi connectivity index (χ0) is 10.6. The van der Waals surface area contributed by atoms with Crippen LogP contribution >= 0.6 is 0 Å². The molecule has 0 aromatic heterocycles. The fourth-order valence-electron chi connectivity index (χ4n) is 0.857. The van der Waals surface area contributed by atoms with Crippen molar-refractivity contribution in [2.75, 3.05) is 0 Å². The quantitative estimate of drug-likeness (QED) is 0.345. The van der Waals surface area contributed by atoms with Crippen LogP contribution in [0.2, 0.25) is 0 Å². The monoisotopic (exact) mass is 190 g/mol. The smallest absolute Gasteiger partial charge is 0.284 e. The Morgan fingerprint density at radius 2 is 2.00 bits per heavy atom. The van der Waals surface area contributed by atoms with Gasteiger partial charge in [0, 0.05) is 6.07 Å². The Labute approximate surface area is 79.1 Å². The molecule has 0 spiro atoms. The topological polar surface area (TPSA) is 83.3 Å². The SMILES string of the molecule is O=C([O-])C#Cc1ccccc1[N+](=O)[O-]. The van der Waals surface area contributed by atoms with Gasteiger partial charge in [-0.1, -0.05) is 18.1 Å². The molecule has 0 N–H and O–H groups in total. The molecule has 0 heterocycles. The van der Waals surface area contributed by atoms with Crippen LogP contribution in [-0.2, 0) is 4.79 Å². The second-order valence-electron chi connectivity index (χ2n) is 2.31. The maximum atomic E-state index is 10.4. The number of nitro groups is 1. The van der Waals surface area contributed by atoms with E-state index < -0.39 is 10.9 Å². The molecule has 0 aliphatic heterocycles. The van der Waals surface area contributed by atoms with Crippen molar-refractivity contribution in [3.05, 3.63) is 39.9 Å². The molecule has 0 atom stereocenters. The summed E-state index contributed by atoms with van der Waals surface area (Å²) in [5.41, 5.74) is -0.164. The molecule has 0 radical (unpaired) electrons. The van der Waals surface area contributed by atoms with Crippen molar-refractivity contribution >= 4 is 11.7 Å². The standard InChI is InChI=1S/C9H5NO4/c11-9(12)6-5-7-3-1-2-4-8(7)10(13)14/h1-4H,(H,11,12)/p-1. The summed E-state index contributed by atoms with van der Waals surface area (Å²) < 4.78 is 0. The molecular weight excluding hydrogens is 186 g/mol. The molecule has 1 aromatic rings. The summed E-state index contributed by atoms with van der Waals surface area (Å²) in [7, 11) is 0. The summed E-state index contributed by atoms with van der Waals surface area (Å²) in [5, 5.41) is 20.4. The van der Waals surface area contributed by atoms with Gasteiger partial charge in [-0.05, 0) is 12.0 Å². The third kappa shape index (κ3) is 2.32. The first-order valence-corrected chi connectivity index (χ1v) is 3.57. The highest BCUT2D eigenvalue weighted by molar-refractivity contribution is 5.85. The lowest BCUT2D eigenvalue weighted by molar-refractivity contribution is -0.385. The van der Waals surface area contributed by atoms with Crippen LogP contribution in [-0.4, -0.2) is 10.9 Å². The van der Waals surface area contributed by atoms with E-state index >= 15 is 0 Å². The summed E-state index contributed by atoms with van der Waals surface area (Å²) in [4.78, 5) is 19.8. The van der Waals surface area contributed by atoms with Gasteiger partial charge in [0.2, 0.25) is 0 Å². The van der Waals surface area contributed by atoms with E-state index in [0.717, 1.165) is 0 Å². The molecular formula is C9H4NO4-. The number of carbonyl (C=O) groups is 1. The first kappa shape index (κ1) is 9.74. The number of carbonyl (C=O) groups excluding carboxylic acids is 1. The summed E-state index contributed by atoms with van der Waals surface area (Å²) in [6, 6.07) is 5.63. The summed E-state index contributed by atoms with van der Waals surface area (Å²) in [6.45, 7) is 0. The Kier molecular flexibility index (Phi) is 2.82. The molecule has 1 rings (SSSR count). The minimum absolute atomic E-state index is 0.0571. The fourth-order valence-corrected chi connectivity index (χ4v) is 0.857. The lowest BCUT2D eigenvalue weighted by Gasteiger charge is -1.93. The van der Waals surface area contributed by atoms with Gasteiger partial charge < -0.3 is 9.90 Å². The summed E-state index contributed by atoms with van der Waals surface area (Å²) in [5.74, 6) is 2.28. The predicted octanol–water partition coefficient (Wildman–Crippen LogP) is -0.304. The van der Waals surface area contributed by atoms with Gasteiger partial charge in [0.05, 0.1) is 4.92 Å². The van der Waals surface area contributed by atoms with Crippen LogP contribution in [0.25, 0.3) is 0 Å². The van der Waals surface area contributed by atoms with E-state index in [2.05, 4.69) is 5.92 Å². The number of nitro benzene ring substituents is 1. The number of carboxylic acid groups (broad SMARTS) is 1. The van der Waals surface area contributed by atoms with Crippen LogP contribution in [0.1, 0.15) is 5.56 Å². The summed E-state index contributed by atoms with van der Waals surface area (Å²) >= 11 is 0. The third-order valence-corrected chi connectivity index (χ3v) is 1.40. The molecule has 0 aliphatic rings. The number of hydrogen-bond donors (Lipinski definition) is 0. The van der Waals surface area contributed by atoms with Crippen LogP contribution in [0.15, 0.2) is 24.3 Å². The Balaban J connectivity index is 3.16. The average Bonchev–Trinajstić information content (AvgIpc) is 2.15. The molecule has 1 aromatic carbocycles. The van der Waals surface area contributed by atoms with Crippen LogP contribution in [0.3, 0.4) is 0 Å². The van der Waals surface area contributed by atoms with Crippen LogP contribution < -0.4 is 5.11 Å². The Bertz CT molecular complexity index is 442. The number of nitrogens with zero attached hydrogens (tertiary/aromatic N) is 1. The Hall–Kier alpha value is -2.35. The molecule has 0 unspecified atom stereocenters. The highest BCUT2D eigenvalue weighted by Crippen LogP contribution is 2.15. The highest BCUT2D eigenvalue weighted by Gasteiger charge is 2.09. The van der Waals surface area contributed by atoms with Gasteiger partial charge >= 0.3 is 0 Å². The largest absolute Gasteiger partial charge is 0.537 e.